The SMILES string of the molecule is CCCC(CCC)C(O)C(CN)c1cccnc1. The molecule has 0 aliphatic heterocycles. The number of aliphatic hydroxyl groups excluding tert-OH is 1. The van der Waals surface area contributed by atoms with Crippen molar-refractivity contribution in [3.05, 3.63) is 30.1 Å². The summed E-state index contributed by atoms with van der Waals surface area (Å²) in [5.74, 6) is 0.343. The summed E-state index contributed by atoms with van der Waals surface area (Å²) in [6.07, 6.45) is 7.53. The molecule has 0 aliphatic rings. The Hall–Kier alpha value is -0.930. The van der Waals surface area contributed by atoms with E-state index in [1.54, 1.807) is 6.20 Å². The minimum atomic E-state index is -0.362. The van der Waals surface area contributed by atoms with Gasteiger partial charge in [0.15, 0.2) is 0 Å². The second-order valence-corrected chi connectivity index (χ2v) is 4.96. The maximum Gasteiger partial charge on any atom is 0.0649 e. The third-order valence-corrected chi connectivity index (χ3v) is 3.58. The van der Waals surface area contributed by atoms with Crippen molar-refractivity contribution in [3.63, 3.8) is 0 Å². The molecule has 3 nitrogen and oxygen atoms in total. The predicted octanol–water partition coefficient (Wildman–Crippen LogP) is 2.70. The van der Waals surface area contributed by atoms with E-state index in [0.717, 1.165) is 31.2 Å². The fraction of sp³-hybridized carbons (Fsp3) is 0.667. The van der Waals surface area contributed by atoms with Gasteiger partial charge in [-0.2, -0.15) is 0 Å². The summed E-state index contributed by atoms with van der Waals surface area (Å²) in [7, 11) is 0. The smallest absolute Gasteiger partial charge is 0.0649 e. The molecule has 0 saturated heterocycles. The van der Waals surface area contributed by atoms with Crippen LogP contribution in [0.4, 0.5) is 0 Å². The maximum atomic E-state index is 10.6. The van der Waals surface area contributed by atoms with Crippen molar-refractivity contribution in [2.75, 3.05) is 6.54 Å². The predicted molar refractivity (Wildman–Crippen MR) is 75.3 cm³/mol. The van der Waals surface area contributed by atoms with Gasteiger partial charge in [-0.1, -0.05) is 32.8 Å². The first-order valence-electron chi connectivity index (χ1n) is 7.02. The molecule has 1 heterocycles. The maximum absolute atomic E-state index is 10.6. The second kappa shape index (κ2) is 8.22. The molecule has 3 heteroatoms. The van der Waals surface area contributed by atoms with Gasteiger partial charge >= 0.3 is 0 Å². The molecule has 2 atom stereocenters. The van der Waals surface area contributed by atoms with E-state index in [0.29, 0.717) is 12.5 Å². The van der Waals surface area contributed by atoms with Crippen molar-refractivity contribution >= 4 is 0 Å². The zero-order valence-electron chi connectivity index (χ0n) is 11.5. The van der Waals surface area contributed by atoms with Crippen LogP contribution >= 0.6 is 0 Å². The van der Waals surface area contributed by atoms with Crippen molar-refractivity contribution in [2.45, 2.75) is 51.6 Å². The fourth-order valence-electron chi connectivity index (χ4n) is 2.62. The minimum Gasteiger partial charge on any atom is -0.392 e. The summed E-state index contributed by atoms with van der Waals surface area (Å²) in [6, 6.07) is 3.90. The van der Waals surface area contributed by atoms with Crippen LogP contribution in [0.3, 0.4) is 0 Å². The topological polar surface area (TPSA) is 59.1 Å². The molecule has 1 aromatic rings. The number of rotatable bonds is 8. The normalized spacial score (nSPS) is 14.7. The molecule has 0 bridgehead atoms. The molecule has 0 aromatic carbocycles. The van der Waals surface area contributed by atoms with Crippen LogP contribution in [0.2, 0.25) is 0 Å². The van der Waals surface area contributed by atoms with Gasteiger partial charge in [-0.15, -0.1) is 0 Å². The monoisotopic (exact) mass is 250 g/mol. The van der Waals surface area contributed by atoms with E-state index < -0.39 is 0 Å². The van der Waals surface area contributed by atoms with Gasteiger partial charge in [-0.3, -0.25) is 4.98 Å². The molecule has 0 aliphatic carbocycles. The van der Waals surface area contributed by atoms with E-state index in [-0.39, 0.29) is 12.0 Å². The molecule has 1 rings (SSSR count). The second-order valence-electron chi connectivity index (χ2n) is 4.96. The Bertz CT molecular complexity index is 310. The van der Waals surface area contributed by atoms with Crippen molar-refractivity contribution < 1.29 is 5.11 Å². The van der Waals surface area contributed by atoms with Gasteiger partial charge in [-0.25, -0.2) is 0 Å². The van der Waals surface area contributed by atoms with Crippen LogP contribution < -0.4 is 5.73 Å². The molecule has 102 valence electrons. The molecule has 0 saturated carbocycles. The van der Waals surface area contributed by atoms with Crippen LogP contribution in [0.25, 0.3) is 0 Å². The molecular weight excluding hydrogens is 224 g/mol. The number of aromatic nitrogens is 1. The highest BCUT2D eigenvalue weighted by atomic mass is 16.3. The summed E-state index contributed by atoms with van der Waals surface area (Å²) in [6.45, 7) is 4.80. The summed E-state index contributed by atoms with van der Waals surface area (Å²) in [4.78, 5) is 4.12. The van der Waals surface area contributed by atoms with Crippen LogP contribution in [-0.4, -0.2) is 22.7 Å². The first-order valence-corrected chi connectivity index (χ1v) is 7.02. The Balaban J connectivity index is 2.79. The van der Waals surface area contributed by atoms with Crippen LogP contribution in [0.5, 0.6) is 0 Å². The first-order chi connectivity index (χ1) is 8.74. The fourth-order valence-corrected chi connectivity index (χ4v) is 2.62. The van der Waals surface area contributed by atoms with Crippen molar-refractivity contribution in [1.29, 1.82) is 0 Å². The van der Waals surface area contributed by atoms with E-state index in [1.807, 2.05) is 18.3 Å². The van der Waals surface area contributed by atoms with Crippen molar-refractivity contribution in [3.8, 4) is 0 Å². The van der Waals surface area contributed by atoms with Crippen molar-refractivity contribution in [1.82, 2.24) is 4.98 Å². The lowest BCUT2D eigenvalue weighted by Gasteiger charge is -2.29. The lowest BCUT2D eigenvalue weighted by molar-refractivity contribution is 0.0721. The van der Waals surface area contributed by atoms with Gasteiger partial charge in [0, 0.05) is 24.9 Å². The van der Waals surface area contributed by atoms with Crippen molar-refractivity contribution in [2.24, 2.45) is 11.7 Å². The molecule has 0 radical (unpaired) electrons. The Morgan fingerprint density at radius 2 is 1.94 bits per heavy atom. The van der Waals surface area contributed by atoms with Gasteiger partial charge in [-0.05, 0) is 30.4 Å². The van der Waals surface area contributed by atoms with Crippen LogP contribution in [-0.2, 0) is 0 Å². The highest BCUT2D eigenvalue weighted by Crippen LogP contribution is 2.28. The summed E-state index contributed by atoms with van der Waals surface area (Å²) >= 11 is 0. The summed E-state index contributed by atoms with van der Waals surface area (Å²) in [5, 5.41) is 10.6. The zero-order chi connectivity index (χ0) is 13.4. The lowest BCUT2D eigenvalue weighted by atomic mass is 9.82. The van der Waals surface area contributed by atoms with Gasteiger partial charge in [0.25, 0.3) is 0 Å². The van der Waals surface area contributed by atoms with Crippen LogP contribution in [0, 0.1) is 5.92 Å². The summed E-state index contributed by atoms with van der Waals surface area (Å²) < 4.78 is 0. The van der Waals surface area contributed by atoms with E-state index >= 15 is 0 Å². The molecule has 1 aromatic heterocycles. The molecule has 0 fully saturated rings. The van der Waals surface area contributed by atoms with Gasteiger partial charge in [0.05, 0.1) is 6.10 Å². The van der Waals surface area contributed by atoms with Crippen LogP contribution in [0.15, 0.2) is 24.5 Å². The largest absolute Gasteiger partial charge is 0.392 e. The Morgan fingerprint density at radius 1 is 1.28 bits per heavy atom. The van der Waals surface area contributed by atoms with E-state index in [1.165, 1.54) is 0 Å². The molecular formula is C15H26N2O. The first kappa shape index (κ1) is 15.1. The van der Waals surface area contributed by atoms with E-state index in [2.05, 4.69) is 18.8 Å². The number of nitrogens with two attached hydrogens (primary N) is 1. The lowest BCUT2D eigenvalue weighted by Crippen LogP contribution is -2.32. The molecule has 2 unspecified atom stereocenters. The Kier molecular flexibility index (Phi) is 6.91. The Labute approximate surface area is 110 Å². The molecule has 3 N–H and O–H groups in total. The van der Waals surface area contributed by atoms with Gasteiger partial charge in [0.1, 0.15) is 0 Å². The number of nitrogens with zero attached hydrogens (tertiary/aromatic N) is 1. The number of hydrogen-bond donors (Lipinski definition) is 2. The third kappa shape index (κ3) is 4.07. The number of hydrogen-bond acceptors (Lipinski definition) is 3. The Morgan fingerprint density at radius 3 is 2.39 bits per heavy atom. The standard InChI is InChI=1S/C15H26N2O/c1-3-6-12(7-4-2)15(18)14(10-16)13-8-5-9-17-11-13/h5,8-9,11-12,14-15,18H,3-4,6-7,10,16H2,1-2H3. The highest BCUT2D eigenvalue weighted by molar-refractivity contribution is 5.17. The van der Waals surface area contributed by atoms with Gasteiger partial charge < -0.3 is 10.8 Å². The van der Waals surface area contributed by atoms with Crippen LogP contribution in [0.1, 0.15) is 51.0 Å². The molecule has 18 heavy (non-hydrogen) atoms. The quantitative estimate of drug-likeness (QED) is 0.745. The number of pyridine rings is 1. The third-order valence-electron chi connectivity index (χ3n) is 3.58. The molecule has 0 amide bonds. The van der Waals surface area contributed by atoms with E-state index in [4.69, 9.17) is 5.73 Å². The average molecular weight is 250 g/mol. The molecule has 0 spiro atoms. The average Bonchev–Trinajstić information content (AvgIpc) is 2.40. The highest BCUT2D eigenvalue weighted by Gasteiger charge is 2.27. The number of aliphatic hydroxyl groups is 1. The zero-order valence-corrected chi connectivity index (χ0v) is 11.5. The van der Waals surface area contributed by atoms with E-state index in [9.17, 15) is 5.11 Å². The summed E-state index contributed by atoms with van der Waals surface area (Å²) in [5.41, 5.74) is 6.89. The minimum absolute atomic E-state index is 0.00167. The van der Waals surface area contributed by atoms with Gasteiger partial charge in [0.2, 0.25) is 0 Å².